The molecule has 16 heteroatoms. The molecule has 0 aromatic heterocycles. The summed E-state index contributed by atoms with van der Waals surface area (Å²) >= 11 is 0. The molecule has 10 rings (SSSR count). The van der Waals surface area contributed by atoms with Crippen LogP contribution in [0, 0.1) is 47.1 Å². The van der Waals surface area contributed by atoms with E-state index in [-0.39, 0.29) is 44.8 Å². The first-order valence-corrected chi connectivity index (χ1v) is 34.4. The van der Waals surface area contributed by atoms with Crippen LogP contribution >= 0.6 is 29.5 Å². The predicted octanol–water partition coefficient (Wildman–Crippen LogP) is 6.09. The van der Waals surface area contributed by atoms with Gasteiger partial charge in [-0.2, -0.15) is 0 Å². The third-order valence-electron chi connectivity index (χ3n) is 12.0. The number of hydrogen-bond donors (Lipinski definition) is 0. The standard InChI is InChI=1S/2C18H15P.2C14H14ClO4P.2Au/c2*1-4-10-16(11-5-1)19(17-12-6-2-7-13-17)18-14-8-3-9-15-18;2*1-20(2,19-15(16,17)18,13-9-5-3-6-10-13)14-11-7-4-8-12-14;;/h2*1-15H;2*3-12H,1-2H2;;/q;;2*-2;;. The summed E-state index contributed by atoms with van der Waals surface area (Å²) in [6.45, 7) is 7.67. The van der Waals surface area contributed by atoms with Gasteiger partial charge in [-0.3, -0.25) is 0 Å². The molecule has 0 atom stereocenters. The van der Waals surface area contributed by atoms with Crippen LogP contribution in [0.25, 0.3) is 0 Å². The molecule has 0 bridgehead atoms. The molecule has 422 valence electrons. The van der Waals surface area contributed by atoms with E-state index in [1.807, 2.05) is 0 Å². The Morgan fingerprint density at radius 1 is 0.237 bits per heavy atom. The molecule has 0 unspecified atom stereocenters. The van der Waals surface area contributed by atoms with Crippen LogP contribution in [0.4, 0.5) is 0 Å². The van der Waals surface area contributed by atoms with Gasteiger partial charge >= 0.3 is 239 Å². The van der Waals surface area contributed by atoms with Crippen LogP contribution in [0.5, 0.6) is 0 Å². The average Bonchev–Trinajstić information content (AvgIpc) is 3.46. The molecule has 0 saturated heterocycles. The van der Waals surface area contributed by atoms with Gasteiger partial charge in [0.25, 0.3) is 0 Å². The zero-order chi connectivity index (χ0) is 55.6. The Kier molecular flexibility index (Phi) is 25.2. The number of hydrogen-bond acceptors (Lipinski definition) is 8. The largest absolute Gasteiger partial charge is 0.0622 e. The number of halogens is 2. The van der Waals surface area contributed by atoms with Gasteiger partial charge in [-0.1, -0.05) is 182 Å². The molecule has 8 nitrogen and oxygen atoms in total. The maximum Gasteiger partial charge on any atom is -0.0134 e. The first-order chi connectivity index (χ1) is 37.3. The van der Waals surface area contributed by atoms with Gasteiger partial charge in [0, 0.05) is 44.8 Å². The third kappa shape index (κ3) is 18.3. The van der Waals surface area contributed by atoms with Crippen LogP contribution in [-0.4, -0.2) is 0 Å². The molecule has 0 fully saturated rings. The van der Waals surface area contributed by atoms with Crippen molar-refractivity contribution in [3.8, 4) is 0 Å². The fourth-order valence-electron chi connectivity index (χ4n) is 8.32. The Hall–Kier alpha value is -4.34. The van der Waals surface area contributed by atoms with Gasteiger partial charge in [0.15, 0.2) is 0 Å². The van der Waals surface area contributed by atoms with Crippen molar-refractivity contribution >= 4 is 82.5 Å². The molecule has 10 aromatic rings. The van der Waals surface area contributed by atoms with Crippen molar-refractivity contribution in [3.05, 3.63) is 330 Å². The Morgan fingerprint density at radius 2 is 0.362 bits per heavy atom. The van der Waals surface area contributed by atoms with E-state index in [1.165, 1.54) is 31.8 Å². The van der Waals surface area contributed by atoms with Crippen LogP contribution in [0.2, 0.25) is 0 Å². The van der Waals surface area contributed by atoms with Crippen LogP contribution in [-0.2, 0) is 52.9 Å². The SMILES string of the molecule is [Au].[Au].[CH2-]P([CH2-])(O[Cl+3]([O-])([O-])[O-])(c1ccccc1)c1ccccc1.[CH2-]P([CH2-])(O[Cl+3]([O-])([O-])[O-])(c1ccccc1)c1ccccc1.c1ccc(P(c2ccccc2)c2ccccc2)cc1.c1ccc(P(c2ccccc2)c2ccccc2)cc1. The van der Waals surface area contributed by atoms with Gasteiger partial charge in [-0.25, -0.2) is 0 Å². The Labute approximate surface area is 509 Å². The molecule has 0 aliphatic rings. The molecule has 10 aromatic carbocycles. The smallest absolute Gasteiger partial charge is 0.0134 e. The van der Waals surface area contributed by atoms with Crippen LogP contribution in [0.15, 0.2) is 303 Å². The monoisotopic (exact) mass is 1540 g/mol. The van der Waals surface area contributed by atoms with Gasteiger partial charge in [0.05, 0.1) is 0 Å². The first kappa shape index (κ1) is 66.5. The minimum atomic E-state index is -4.66. The quantitative estimate of drug-likeness (QED) is 0.0720. The van der Waals surface area contributed by atoms with Crippen molar-refractivity contribution in [2.45, 2.75) is 0 Å². The molecule has 0 aliphatic heterocycles. The van der Waals surface area contributed by atoms with E-state index in [2.05, 4.69) is 209 Å². The predicted molar refractivity (Wildman–Crippen MR) is 312 cm³/mol. The normalized spacial score (nSPS) is 12.3. The average molecular weight is 1540 g/mol. The fourth-order valence-corrected chi connectivity index (χ4v) is 21.5. The number of benzene rings is 10. The van der Waals surface area contributed by atoms with Crippen molar-refractivity contribution in [1.29, 1.82) is 0 Å². The van der Waals surface area contributed by atoms with Crippen molar-refractivity contribution < 1.29 is 101 Å². The third-order valence-corrected chi connectivity index (χ3v) is 26.9. The molecule has 0 aliphatic carbocycles. The number of rotatable bonds is 14. The fraction of sp³-hybridized carbons (Fsp3) is 0. The van der Waals surface area contributed by atoms with E-state index in [0.717, 1.165) is 0 Å². The summed E-state index contributed by atoms with van der Waals surface area (Å²) in [5.41, 5.74) is 0. The minimum Gasteiger partial charge on any atom is -0.0622 e. The molecular weight excluding hydrogens is 1490 g/mol. The molecule has 0 saturated carbocycles. The van der Waals surface area contributed by atoms with Gasteiger partial charge in [0.2, 0.25) is 0 Å². The maximum atomic E-state index is 11.1. The second-order valence-electron chi connectivity index (χ2n) is 17.7. The minimum absolute atomic E-state index is 0. The van der Waals surface area contributed by atoms with E-state index in [1.54, 1.807) is 121 Å². The molecular formula is C64H58Au2Cl2O8P4-4. The van der Waals surface area contributed by atoms with E-state index in [0.29, 0.717) is 21.2 Å². The Bertz CT molecular complexity index is 2830. The summed E-state index contributed by atoms with van der Waals surface area (Å²) in [6.07, 6.45) is 0. The summed E-state index contributed by atoms with van der Waals surface area (Å²) in [4.78, 5) is 0. The van der Waals surface area contributed by atoms with Crippen LogP contribution in [0.1, 0.15) is 0 Å². The Balaban J connectivity index is 0.000000194. The van der Waals surface area contributed by atoms with Crippen LogP contribution < -0.4 is 81.0 Å². The van der Waals surface area contributed by atoms with E-state index >= 15 is 0 Å². The van der Waals surface area contributed by atoms with Gasteiger partial charge in [0.1, 0.15) is 0 Å². The maximum absolute atomic E-state index is 11.1. The van der Waals surface area contributed by atoms with Gasteiger partial charge in [-0.05, 0) is 47.7 Å². The first-order valence-electron chi connectivity index (χ1n) is 24.2. The van der Waals surface area contributed by atoms with Crippen molar-refractivity contribution in [2.75, 3.05) is 0 Å². The van der Waals surface area contributed by atoms with Crippen LogP contribution in [0.3, 0.4) is 0 Å². The molecule has 80 heavy (non-hydrogen) atoms. The van der Waals surface area contributed by atoms with Crippen molar-refractivity contribution in [1.82, 2.24) is 0 Å². The van der Waals surface area contributed by atoms with E-state index in [9.17, 15) is 28.0 Å². The Morgan fingerprint density at radius 3 is 0.487 bits per heavy atom. The zero-order valence-corrected chi connectivity index (χ0v) is 52.5. The second-order valence-corrected chi connectivity index (χ2v) is 32.5. The summed E-state index contributed by atoms with van der Waals surface area (Å²) < 4.78 is 76.6. The second kappa shape index (κ2) is 30.3. The topological polar surface area (TPSA) is 157 Å². The molecule has 0 N–H and O–H groups in total. The van der Waals surface area contributed by atoms with Gasteiger partial charge in [-0.15, -0.1) is 0 Å². The van der Waals surface area contributed by atoms with Crippen molar-refractivity contribution in [2.24, 2.45) is 0 Å². The molecule has 0 spiro atoms. The molecule has 0 amide bonds. The summed E-state index contributed by atoms with van der Waals surface area (Å²) in [5.74, 6) is 0. The van der Waals surface area contributed by atoms with E-state index in [4.69, 9.17) is 8.15 Å². The molecule has 2 radical (unpaired) electrons. The van der Waals surface area contributed by atoms with Gasteiger partial charge < -0.3 is 0 Å². The van der Waals surface area contributed by atoms with E-state index < -0.39 is 50.0 Å². The summed E-state index contributed by atoms with van der Waals surface area (Å²) in [7, 11) is -10.2. The zero-order valence-electron chi connectivity index (χ0n) is 43.1. The summed E-state index contributed by atoms with van der Waals surface area (Å²) in [6, 6.07) is 98.7. The van der Waals surface area contributed by atoms with Crippen molar-refractivity contribution in [3.63, 3.8) is 0 Å². The molecule has 0 heterocycles. The summed E-state index contributed by atoms with van der Waals surface area (Å²) in [5, 5.41) is 10.3.